The van der Waals surface area contributed by atoms with E-state index in [0.29, 0.717) is 0 Å². The van der Waals surface area contributed by atoms with Crippen LogP contribution in [0.1, 0.15) is 27.6 Å². The van der Waals surface area contributed by atoms with Gasteiger partial charge < -0.3 is 10.1 Å². The maximum absolute atomic E-state index is 14.4. The number of anilines is 1. The Morgan fingerprint density at radius 1 is 1.06 bits per heavy atom. The smallest absolute Gasteiger partial charge is 0.262 e. The molecule has 9 nitrogen and oxygen atoms in total. The summed E-state index contributed by atoms with van der Waals surface area (Å²) in [6.45, 7) is 1.97. The molecule has 2 aliphatic rings. The highest BCUT2D eigenvalue weighted by atomic mass is 32.2. The number of morpholine rings is 1. The number of fused-ring (bicyclic) bond motifs is 1. The van der Waals surface area contributed by atoms with Gasteiger partial charge in [-0.3, -0.25) is 19.3 Å². The van der Waals surface area contributed by atoms with Crippen molar-refractivity contribution in [2.45, 2.75) is 17.9 Å². The number of carbonyl (C=O) groups excluding carboxylic acids is 3. The molecule has 3 amide bonds. The van der Waals surface area contributed by atoms with Crippen LogP contribution in [-0.2, 0) is 19.6 Å². The number of ether oxygens (including phenoxy) is 1. The first-order chi connectivity index (χ1) is 15.2. The molecule has 2 heterocycles. The van der Waals surface area contributed by atoms with Crippen molar-refractivity contribution in [2.24, 2.45) is 0 Å². The van der Waals surface area contributed by atoms with Crippen LogP contribution in [-0.4, -0.2) is 67.7 Å². The second-order valence-electron chi connectivity index (χ2n) is 7.35. The van der Waals surface area contributed by atoms with Crippen molar-refractivity contribution >= 4 is 33.4 Å². The standard InChI is InChI=1S/C21H20FN3O6S/c1-13(25-20(27)15-4-2-3-5-16(15)21(25)28)19(26)23-14-6-7-17(22)18(12-14)32(29,30)24-8-10-31-11-9-24/h2-7,12-13H,8-11H2,1H3,(H,23,26). The van der Waals surface area contributed by atoms with Crippen LogP contribution in [0.3, 0.4) is 0 Å². The lowest BCUT2D eigenvalue weighted by Crippen LogP contribution is -2.45. The van der Waals surface area contributed by atoms with E-state index in [1.165, 1.54) is 25.1 Å². The van der Waals surface area contributed by atoms with Crippen molar-refractivity contribution in [1.82, 2.24) is 9.21 Å². The minimum atomic E-state index is -4.13. The quantitative estimate of drug-likeness (QED) is 0.675. The van der Waals surface area contributed by atoms with Gasteiger partial charge in [-0.15, -0.1) is 0 Å². The van der Waals surface area contributed by atoms with E-state index >= 15 is 0 Å². The Bertz CT molecular complexity index is 1170. The highest BCUT2D eigenvalue weighted by molar-refractivity contribution is 7.89. The summed E-state index contributed by atoms with van der Waals surface area (Å²) in [6, 6.07) is 8.24. The fraction of sp³-hybridized carbons (Fsp3) is 0.286. The van der Waals surface area contributed by atoms with Crippen molar-refractivity contribution in [2.75, 3.05) is 31.6 Å². The maximum atomic E-state index is 14.4. The molecule has 0 bridgehead atoms. The summed E-state index contributed by atoms with van der Waals surface area (Å²) in [5, 5.41) is 2.47. The predicted molar refractivity (Wildman–Crippen MR) is 111 cm³/mol. The Morgan fingerprint density at radius 2 is 1.66 bits per heavy atom. The molecule has 32 heavy (non-hydrogen) atoms. The van der Waals surface area contributed by atoms with Gasteiger partial charge in [0.25, 0.3) is 11.8 Å². The number of imide groups is 1. The maximum Gasteiger partial charge on any atom is 0.262 e. The van der Waals surface area contributed by atoms with E-state index < -0.39 is 44.5 Å². The first-order valence-corrected chi connectivity index (χ1v) is 11.3. The summed E-state index contributed by atoms with van der Waals surface area (Å²) in [7, 11) is -4.13. The molecule has 0 saturated carbocycles. The molecule has 0 spiro atoms. The van der Waals surface area contributed by atoms with Gasteiger partial charge in [0.05, 0.1) is 24.3 Å². The van der Waals surface area contributed by atoms with Gasteiger partial charge in [-0.1, -0.05) is 12.1 Å². The van der Waals surface area contributed by atoms with Crippen molar-refractivity contribution < 1.29 is 31.9 Å². The van der Waals surface area contributed by atoms with Gasteiger partial charge in [-0.25, -0.2) is 12.8 Å². The summed E-state index contributed by atoms with van der Waals surface area (Å²) in [5.74, 6) is -2.87. The number of hydrogen-bond acceptors (Lipinski definition) is 6. The SMILES string of the molecule is CC(C(=O)Nc1ccc(F)c(S(=O)(=O)N2CCOCC2)c1)N1C(=O)c2ccccc2C1=O. The average Bonchev–Trinajstić information content (AvgIpc) is 3.05. The number of halogens is 1. The van der Waals surface area contributed by atoms with Crippen LogP contribution in [0.25, 0.3) is 0 Å². The summed E-state index contributed by atoms with van der Waals surface area (Å²) in [4.78, 5) is 38.2. The molecule has 0 radical (unpaired) electrons. The Morgan fingerprint density at radius 3 is 2.25 bits per heavy atom. The van der Waals surface area contributed by atoms with Gasteiger partial charge in [0.2, 0.25) is 15.9 Å². The fourth-order valence-electron chi connectivity index (χ4n) is 3.63. The number of sulfonamides is 1. The van der Waals surface area contributed by atoms with Crippen LogP contribution in [0.5, 0.6) is 0 Å². The molecular weight excluding hydrogens is 441 g/mol. The van der Waals surface area contributed by atoms with E-state index in [2.05, 4.69) is 5.32 Å². The lowest BCUT2D eigenvalue weighted by molar-refractivity contribution is -0.119. The molecule has 1 atom stereocenters. The third-order valence-corrected chi connectivity index (χ3v) is 7.29. The van der Waals surface area contributed by atoms with Crippen molar-refractivity contribution in [3.05, 3.63) is 59.4 Å². The first-order valence-electron chi connectivity index (χ1n) is 9.87. The third-order valence-electron chi connectivity index (χ3n) is 5.38. The third kappa shape index (κ3) is 3.78. The molecule has 1 saturated heterocycles. The molecular formula is C21H20FN3O6S. The van der Waals surface area contributed by atoms with E-state index in [0.717, 1.165) is 21.3 Å². The molecule has 168 valence electrons. The van der Waals surface area contributed by atoms with E-state index in [-0.39, 0.29) is 43.1 Å². The molecule has 4 rings (SSSR count). The van der Waals surface area contributed by atoms with Crippen molar-refractivity contribution in [1.29, 1.82) is 0 Å². The van der Waals surface area contributed by atoms with Crippen LogP contribution in [0, 0.1) is 5.82 Å². The predicted octanol–water partition coefficient (Wildman–Crippen LogP) is 1.47. The number of rotatable bonds is 5. The first kappa shape index (κ1) is 22.1. The van der Waals surface area contributed by atoms with Crippen LogP contribution in [0.2, 0.25) is 0 Å². The van der Waals surface area contributed by atoms with E-state index in [1.807, 2.05) is 0 Å². The average molecular weight is 461 g/mol. The molecule has 2 aliphatic heterocycles. The molecule has 2 aromatic carbocycles. The minimum Gasteiger partial charge on any atom is -0.379 e. The van der Waals surface area contributed by atoms with Gasteiger partial charge >= 0.3 is 0 Å². The zero-order valence-electron chi connectivity index (χ0n) is 17.1. The number of nitrogens with one attached hydrogen (secondary N) is 1. The van der Waals surface area contributed by atoms with E-state index in [9.17, 15) is 27.2 Å². The van der Waals surface area contributed by atoms with Crippen LogP contribution >= 0.6 is 0 Å². The molecule has 0 aromatic heterocycles. The zero-order chi connectivity index (χ0) is 23.0. The number of benzene rings is 2. The minimum absolute atomic E-state index is 0.0201. The fourth-order valence-corrected chi connectivity index (χ4v) is 5.13. The van der Waals surface area contributed by atoms with Gasteiger partial charge in [-0.2, -0.15) is 4.31 Å². The van der Waals surface area contributed by atoms with Gasteiger partial charge in [0.15, 0.2) is 0 Å². The second-order valence-corrected chi connectivity index (χ2v) is 9.26. The number of amides is 3. The Kier molecular flexibility index (Phi) is 5.80. The topological polar surface area (TPSA) is 113 Å². The van der Waals surface area contributed by atoms with Crippen molar-refractivity contribution in [3.8, 4) is 0 Å². The molecule has 0 aliphatic carbocycles. The Balaban J connectivity index is 1.55. The lowest BCUT2D eigenvalue weighted by atomic mass is 10.1. The highest BCUT2D eigenvalue weighted by Crippen LogP contribution is 2.26. The van der Waals surface area contributed by atoms with Gasteiger partial charge in [0, 0.05) is 18.8 Å². The molecule has 1 unspecified atom stereocenters. The number of hydrogen-bond donors (Lipinski definition) is 1. The highest BCUT2D eigenvalue weighted by Gasteiger charge is 2.40. The molecule has 1 N–H and O–H groups in total. The molecule has 1 fully saturated rings. The summed E-state index contributed by atoms with van der Waals surface area (Å²) < 4.78 is 46.3. The molecule has 11 heteroatoms. The summed E-state index contributed by atoms with van der Waals surface area (Å²) in [6.07, 6.45) is 0. The second kappa shape index (κ2) is 8.41. The van der Waals surface area contributed by atoms with E-state index in [1.54, 1.807) is 12.1 Å². The van der Waals surface area contributed by atoms with E-state index in [4.69, 9.17) is 4.74 Å². The molecule has 2 aromatic rings. The number of nitrogens with zero attached hydrogens (tertiary/aromatic N) is 2. The Hall–Kier alpha value is -3.15. The van der Waals surface area contributed by atoms with Crippen LogP contribution in [0.4, 0.5) is 10.1 Å². The summed E-state index contributed by atoms with van der Waals surface area (Å²) >= 11 is 0. The van der Waals surface area contributed by atoms with Gasteiger partial charge in [0.1, 0.15) is 16.8 Å². The largest absolute Gasteiger partial charge is 0.379 e. The zero-order valence-corrected chi connectivity index (χ0v) is 17.9. The lowest BCUT2D eigenvalue weighted by Gasteiger charge is -2.26. The summed E-state index contributed by atoms with van der Waals surface area (Å²) in [5.41, 5.74) is 0.433. The number of carbonyl (C=O) groups is 3. The normalized spacial score (nSPS) is 17.9. The van der Waals surface area contributed by atoms with Crippen molar-refractivity contribution in [3.63, 3.8) is 0 Å². The van der Waals surface area contributed by atoms with Crippen LogP contribution in [0.15, 0.2) is 47.4 Å². The van der Waals surface area contributed by atoms with Crippen LogP contribution < -0.4 is 5.32 Å². The Labute approximate surface area is 183 Å². The van der Waals surface area contributed by atoms with Gasteiger partial charge in [-0.05, 0) is 37.3 Å². The monoisotopic (exact) mass is 461 g/mol.